The highest BCUT2D eigenvalue weighted by molar-refractivity contribution is 5.15. The number of furan rings is 1. The van der Waals surface area contributed by atoms with Gasteiger partial charge in [0.15, 0.2) is 0 Å². The van der Waals surface area contributed by atoms with Crippen LogP contribution in [0.2, 0.25) is 0 Å². The van der Waals surface area contributed by atoms with Gasteiger partial charge in [-0.05, 0) is 45.2 Å². The largest absolute Gasteiger partial charge is 0.469 e. The molecule has 1 aliphatic carbocycles. The number of likely N-dealkylation sites (N-methyl/N-ethyl adjacent to an activating group) is 1. The van der Waals surface area contributed by atoms with E-state index >= 15 is 0 Å². The Bertz CT molecular complexity index is 401. The minimum atomic E-state index is 0.685. The van der Waals surface area contributed by atoms with E-state index in [4.69, 9.17) is 4.42 Å². The lowest BCUT2D eigenvalue weighted by atomic mass is 9.85. The first-order chi connectivity index (χ1) is 9.22. The maximum atomic E-state index is 5.37. The van der Waals surface area contributed by atoms with Gasteiger partial charge in [-0.15, -0.1) is 0 Å². The molecule has 2 fully saturated rings. The Balaban J connectivity index is 1.50. The summed E-state index contributed by atoms with van der Waals surface area (Å²) in [6.07, 6.45) is 8.87. The Morgan fingerprint density at radius 1 is 1.37 bits per heavy atom. The molecule has 3 unspecified atom stereocenters. The van der Waals surface area contributed by atoms with Gasteiger partial charge in [0, 0.05) is 30.7 Å². The van der Waals surface area contributed by atoms with Crippen molar-refractivity contribution in [1.29, 1.82) is 0 Å². The van der Waals surface area contributed by atoms with Gasteiger partial charge < -0.3 is 14.6 Å². The normalized spacial score (nSPS) is 30.8. The Labute approximate surface area is 116 Å². The predicted molar refractivity (Wildman–Crippen MR) is 77.1 cm³/mol. The van der Waals surface area contributed by atoms with Crippen LogP contribution < -0.4 is 5.32 Å². The van der Waals surface area contributed by atoms with Crippen molar-refractivity contribution in [1.82, 2.24) is 10.2 Å². The van der Waals surface area contributed by atoms with Crippen molar-refractivity contribution in [3.05, 3.63) is 23.7 Å². The maximum absolute atomic E-state index is 5.37. The lowest BCUT2D eigenvalue weighted by Gasteiger charge is -2.24. The van der Waals surface area contributed by atoms with Gasteiger partial charge in [0.1, 0.15) is 5.76 Å². The molecule has 1 saturated carbocycles. The van der Waals surface area contributed by atoms with Crippen LogP contribution in [0.1, 0.15) is 43.4 Å². The summed E-state index contributed by atoms with van der Waals surface area (Å²) < 4.78 is 5.37. The fourth-order valence-corrected chi connectivity index (χ4v) is 3.88. The van der Waals surface area contributed by atoms with Crippen LogP contribution in [0.5, 0.6) is 0 Å². The lowest BCUT2D eigenvalue weighted by Crippen LogP contribution is -2.39. The fourth-order valence-electron chi connectivity index (χ4n) is 3.88. The fraction of sp³-hybridized carbons (Fsp3) is 0.750. The minimum Gasteiger partial charge on any atom is -0.469 e. The monoisotopic (exact) mass is 262 g/mol. The second kappa shape index (κ2) is 5.68. The molecule has 0 radical (unpaired) electrons. The molecule has 2 heterocycles. The number of fused-ring (bicyclic) bond motifs is 1. The zero-order chi connectivity index (χ0) is 13.2. The molecule has 0 bridgehead atoms. The molecule has 1 aromatic heterocycles. The average molecular weight is 262 g/mol. The van der Waals surface area contributed by atoms with Gasteiger partial charge in [-0.1, -0.05) is 12.8 Å². The van der Waals surface area contributed by atoms with Gasteiger partial charge >= 0.3 is 0 Å². The summed E-state index contributed by atoms with van der Waals surface area (Å²) in [6, 6.07) is 3.58. The molecule has 3 nitrogen and oxygen atoms in total. The molecule has 1 N–H and O–H groups in total. The van der Waals surface area contributed by atoms with Crippen LogP contribution in [-0.2, 0) is 6.54 Å². The third kappa shape index (κ3) is 3.03. The summed E-state index contributed by atoms with van der Waals surface area (Å²) in [5.74, 6) is 2.00. The number of hydrogen-bond acceptors (Lipinski definition) is 3. The van der Waals surface area contributed by atoms with Gasteiger partial charge in [-0.25, -0.2) is 0 Å². The number of nitrogens with zero attached hydrogens (tertiary/aromatic N) is 1. The van der Waals surface area contributed by atoms with E-state index in [1.54, 1.807) is 6.26 Å². The van der Waals surface area contributed by atoms with Crippen molar-refractivity contribution >= 4 is 0 Å². The van der Waals surface area contributed by atoms with Crippen molar-refractivity contribution in [2.24, 2.45) is 5.92 Å². The van der Waals surface area contributed by atoms with Gasteiger partial charge in [-0.2, -0.15) is 0 Å². The number of hydrogen-bond donors (Lipinski definition) is 1. The summed E-state index contributed by atoms with van der Waals surface area (Å²) in [4.78, 5) is 2.42. The summed E-state index contributed by atoms with van der Waals surface area (Å²) in [5, 5.41) is 3.85. The first-order valence-electron chi connectivity index (χ1n) is 7.70. The second-order valence-corrected chi connectivity index (χ2v) is 6.45. The van der Waals surface area contributed by atoms with E-state index in [-0.39, 0.29) is 0 Å². The van der Waals surface area contributed by atoms with Crippen LogP contribution in [0.15, 0.2) is 16.7 Å². The second-order valence-electron chi connectivity index (χ2n) is 6.45. The molecule has 19 heavy (non-hydrogen) atoms. The summed E-state index contributed by atoms with van der Waals surface area (Å²) in [5.41, 5.74) is 1.32. The molecule has 1 saturated heterocycles. The SMILES string of the molecule is Cc1occc1CN(C)CC1CC2CCCCC2N1. The zero-order valence-electron chi connectivity index (χ0n) is 12.2. The minimum absolute atomic E-state index is 0.685. The Kier molecular flexibility index (Phi) is 3.94. The highest BCUT2D eigenvalue weighted by Gasteiger charge is 2.35. The van der Waals surface area contributed by atoms with E-state index < -0.39 is 0 Å². The zero-order valence-corrected chi connectivity index (χ0v) is 12.2. The van der Waals surface area contributed by atoms with Gasteiger partial charge in [0.2, 0.25) is 0 Å². The first-order valence-corrected chi connectivity index (χ1v) is 7.70. The van der Waals surface area contributed by atoms with E-state index in [1.165, 1.54) is 37.7 Å². The van der Waals surface area contributed by atoms with Crippen LogP contribution in [0.25, 0.3) is 0 Å². The van der Waals surface area contributed by atoms with Crippen LogP contribution in [0.4, 0.5) is 0 Å². The van der Waals surface area contributed by atoms with Crippen LogP contribution in [0, 0.1) is 12.8 Å². The highest BCUT2D eigenvalue weighted by Crippen LogP contribution is 2.33. The third-order valence-corrected chi connectivity index (χ3v) is 4.88. The van der Waals surface area contributed by atoms with Gasteiger partial charge in [0.25, 0.3) is 0 Å². The van der Waals surface area contributed by atoms with Crippen molar-refractivity contribution in [2.45, 2.75) is 57.7 Å². The van der Waals surface area contributed by atoms with Gasteiger partial charge in [0.05, 0.1) is 6.26 Å². The third-order valence-electron chi connectivity index (χ3n) is 4.88. The summed E-state index contributed by atoms with van der Waals surface area (Å²) >= 11 is 0. The van der Waals surface area contributed by atoms with Crippen molar-refractivity contribution < 1.29 is 4.42 Å². The Morgan fingerprint density at radius 2 is 2.21 bits per heavy atom. The topological polar surface area (TPSA) is 28.4 Å². The molecule has 3 atom stereocenters. The van der Waals surface area contributed by atoms with Crippen molar-refractivity contribution in [3.8, 4) is 0 Å². The van der Waals surface area contributed by atoms with Crippen LogP contribution >= 0.6 is 0 Å². The molecule has 3 rings (SSSR count). The molecule has 0 spiro atoms. The summed E-state index contributed by atoms with van der Waals surface area (Å²) in [6.45, 7) is 4.19. The lowest BCUT2D eigenvalue weighted by molar-refractivity contribution is 0.287. The standard InChI is InChI=1S/C16H26N2O/c1-12-14(7-8-19-12)10-18(2)11-15-9-13-5-3-4-6-16(13)17-15/h7-8,13,15-17H,3-6,9-11H2,1-2H3. The first kappa shape index (κ1) is 13.2. The van der Waals surface area contributed by atoms with Crippen LogP contribution in [0.3, 0.4) is 0 Å². The molecule has 106 valence electrons. The van der Waals surface area contributed by atoms with E-state index in [1.807, 2.05) is 6.92 Å². The molecule has 2 aliphatic rings. The van der Waals surface area contributed by atoms with E-state index in [2.05, 4.69) is 23.3 Å². The predicted octanol–water partition coefficient (Wildman–Crippen LogP) is 2.94. The quantitative estimate of drug-likeness (QED) is 0.904. The number of rotatable bonds is 4. The summed E-state index contributed by atoms with van der Waals surface area (Å²) in [7, 11) is 2.22. The molecular weight excluding hydrogens is 236 g/mol. The van der Waals surface area contributed by atoms with E-state index in [0.717, 1.165) is 30.8 Å². The molecular formula is C16H26N2O. The highest BCUT2D eigenvalue weighted by atomic mass is 16.3. The Hall–Kier alpha value is -0.800. The molecule has 0 aromatic carbocycles. The van der Waals surface area contributed by atoms with Crippen molar-refractivity contribution in [3.63, 3.8) is 0 Å². The van der Waals surface area contributed by atoms with E-state index in [9.17, 15) is 0 Å². The smallest absolute Gasteiger partial charge is 0.105 e. The van der Waals surface area contributed by atoms with Gasteiger partial charge in [-0.3, -0.25) is 0 Å². The Morgan fingerprint density at radius 3 is 2.95 bits per heavy atom. The average Bonchev–Trinajstić information content (AvgIpc) is 2.95. The maximum Gasteiger partial charge on any atom is 0.105 e. The number of aryl methyl sites for hydroxylation is 1. The molecule has 1 aliphatic heterocycles. The molecule has 3 heteroatoms. The van der Waals surface area contributed by atoms with Crippen LogP contribution in [-0.4, -0.2) is 30.6 Å². The number of nitrogens with one attached hydrogen (secondary N) is 1. The molecule has 1 aromatic rings. The van der Waals surface area contributed by atoms with E-state index in [0.29, 0.717) is 6.04 Å². The molecule has 0 amide bonds. The van der Waals surface area contributed by atoms with Crippen molar-refractivity contribution in [2.75, 3.05) is 13.6 Å².